The number of carbonyl (C=O) groups excluding carboxylic acids is 3. The second-order valence-electron chi connectivity index (χ2n) is 6.83. The first-order chi connectivity index (χ1) is 14.4. The molecule has 160 valence electrons. The highest BCUT2D eigenvalue weighted by atomic mass is 19.1. The zero-order valence-corrected chi connectivity index (χ0v) is 17.0. The lowest BCUT2D eigenvalue weighted by atomic mass is 10.1. The number of hydrogen-bond acceptors (Lipinski definition) is 4. The number of anilines is 1. The number of hydrogen-bond donors (Lipinski definition) is 3. The van der Waals surface area contributed by atoms with Crippen molar-refractivity contribution in [3.8, 4) is 0 Å². The third kappa shape index (κ3) is 8.00. The molecule has 0 radical (unpaired) electrons. The molecule has 0 unspecified atom stereocenters. The van der Waals surface area contributed by atoms with Crippen LogP contribution in [0.1, 0.15) is 29.3 Å². The van der Waals surface area contributed by atoms with Crippen LogP contribution < -0.4 is 16.4 Å². The molecule has 2 aromatic rings. The topological polar surface area (TPSA) is 105 Å². The van der Waals surface area contributed by atoms with Gasteiger partial charge in [-0.1, -0.05) is 19.1 Å². The van der Waals surface area contributed by atoms with Crippen LogP contribution >= 0.6 is 0 Å². The van der Waals surface area contributed by atoms with Crippen molar-refractivity contribution in [2.45, 2.75) is 19.8 Å². The van der Waals surface area contributed by atoms with Crippen molar-refractivity contribution in [1.82, 2.24) is 10.2 Å². The van der Waals surface area contributed by atoms with Gasteiger partial charge in [0.15, 0.2) is 0 Å². The molecule has 0 aromatic heterocycles. The minimum Gasteiger partial charge on any atom is -0.366 e. The Kier molecular flexibility index (Phi) is 8.96. The number of amides is 3. The first-order valence-corrected chi connectivity index (χ1v) is 9.80. The van der Waals surface area contributed by atoms with Gasteiger partial charge in [-0.3, -0.25) is 19.3 Å². The van der Waals surface area contributed by atoms with Crippen molar-refractivity contribution in [3.63, 3.8) is 0 Å². The molecule has 8 heteroatoms. The first-order valence-electron chi connectivity index (χ1n) is 9.80. The van der Waals surface area contributed by atoms with E-state index in [0.717, 1.165) is 5.56 Å². The number of rotatable bonds is 11. The molecular weight excluding hydrogens is 387 g/mol. The summed E-state index contributed by atoms with van der Waals surface area (Å²) in [7, 11) is 0. The van der Waals surface area contributed by atoms with Crippen LogP contribution in [0.15, 0.2) is 48.5 Å². The fraction of sp³-hybridized carbons (Fsp3) is 0.318. The summed E-state index contributed by atoms with van der Waals surface area (Å²) in [5.74, 6) is -1.12. The smallest absolute Gasteiger partial charge is 0.248 e. The van der Waals surface area contributed by atoms with E-state index in [0.29, 0.717) is 37.3 Å². The Morgan fingerprint density at radius 1 is 1.00 bits per heavy atom. The highest BCUT2D eigenvalue weighted by Gasteiger charge is 2.11. The van der Waals surface area contributed by atoms with Crippen molar-refractivity contribution in [2.24, 2.45) is 5.73 Å². The molecule has 0 saturated heterocycles. The van der Waals surface area contributed by atoms with Crippen molar-refractivity contribution >= 4 is 23.4 Å². The summed E-state index contributed by atoms with van der Waals surface area (Å²) in [5, 5.41) is 5.59. The van der Waals surface area contributed by atoms with Gasteiger partial charge in [-0.25, -0.2) is 4.39 Å². The normalized spacial score (nSPS) is 10.6. The van der Waals surface area contributed by atoms with Gasteiger partial charge < -0.3 is 16.4 Å². The Morgan fingerprint density at radius 2 is 1.67 bits per heavy atom. The minimum absolute atomic E-state index is 0.124. The number of likely N-dealkylation sites (N-methyl/N-ethyl adjacent to an activating group) is 1. The SMILES string of the molecule is CCN(CCC(=O)Nc1ccc(C(N)=O)cc1)CC(=O)NCCc1ccc(F)cc1. The van der Waals surface area contributed by atoms with Gasteiger partial charge in [0.05, 0.1) is 6.54 Å². The molecule has 7 nitrogen and oxygen atoms in total. The lowest BCUT2D eigenvalue weighted by Gasteiger charge is -2.19. The number of carbonyl (C=O) groups is 3. The van der Waals surface area contributed by atoms with Gasteiger partial charge in [-0.15, -0.1) is 0 Å². The van der Waals surface area contributed by atoms with Gasteiger partial charge in [0.1, 0.15) is 5.82 Å². The lowest BCUT2D eigenvalue weighted by Crippen LogP contribution is -2.39. The van der Waals surface area contributed by atoms with Crippen LogP contribution in [0, 0.1) is 5.82 Å². The average Bonchev–Trinajstić information content (AvgIpc) is 2.73. The van der Waals surface area contributed by atoms with Crippen LogP contribution in [0.4, 0.5) is 10.1 Å². The molecule has 0 spiro atoms. The summed E-state index contributed by atoms with van der Waals surface area (Å²) in [4.78, 5) is 37.2. The van der Waals surface area contributed by atoms with Crippen molar-refractivity contribution in [3.05, 3.63) is 65.5 Å². The van der Waals surface area contributed by atoms with E-state index in [2.05, 4.69) is 10.6 Å². The summed E-state index contributed by atoms with van der Waals surface area (Å²) in [5.41, 5.74) is 7.08. The Balaban J connectivity index is 1.69. The van der Waals surface area contributed by atoms with E-state index in [1.165, 1.54) is 12.1 Å². The molecule has 0 atom stereocenters. The van der Waals surface area contributed by atoms with Crippen LogP contribution in [-0.2, 0) is 16.0 Å². The van der Waals surface area contributed by atoms with Gasteiger partial charge in [0.2, 0.25) is 17.7 Å². The second-order valence-corrected chi connectivity index (χ2v) is 6.83. The Labute approximate surface area is 175 Å². The fourth-order valence-corrected chi connectivity index (χ4v) is 2.81. The molecular formula is C22H27FN4O3. The fourth-order valence-electron chi connectivity index (χ4n) is 2.81. The van der Waals surface area contributed by atoms with Gasteiger partial charge in [0, 0.05) is 30.8 Å². The maximum atomic E-state index is 12.9. The first kappa shape index (κ1) is 23.0. The van der Waals surface area contributed by atoms with Gasteiger partial charge in [0.25, 0.3) is 0 Å². The van der Waals surface area contributed by atoms with Gasteiger partial charge in [-0.05, 0) is 54.9 Å². The Morgan fingerprint density at radius 3 is 2.27 bits per heavy atom. The summed E-state index contributed by atoms with van der Waals surface area (Å²) in [6.07, 6.45) is 0.851. The average molecular weight is 414 g/mol. The molecule has 0 aliphatic heterocycles. The molecule has 0 saturated carbocycles. The zero-order chi connectivity index (χ0) is 21.9. The molecule has 0 aliphatic rings. The number of nitrogens with two attached hydrogens (primary N) is 1. The maximum absolute atomic E-state index is 12.9. The van der Waals surface area contributed by atoms with Crippen LogP contribution in [-0.4, -0.2) is 48.8 Å². The number of primary amides is 1. The summed E-state index contributed by atoms with van der Waals surface area (Å²) < 4.78 is 12.9. The zero-order valence-electron chi connectivity index (χ0n) is 17.0. The van der Waals surface area contributed by atoms with Crippen LogP contribution in [0.3, 0.4) is 0 Å². The molecule has 2 aromatic carbocycles. The summed E-state index contributed by atoms with van der Waals surface area (Å²) in [6, 6.07) is 12.5. The molecule has 2 rings (SSSR count). The molecule has 30 heavy (non-hydrogen) atoms. The molecule has 0 aliphatic carbocycles. The van der Waals surface area contributed by atoms with E-state index >= 15 is 0 Å². The highest BCUT2D eigenvalue weighted by Crippen LogP contribution is 2.09. The summed E-state index contributed by atoms with van der Waals surface area (Å²) >= 11 is 0. The van der Waals surface area contributed by atoms with Crippen LogP contribution in [0.5, 0.6) is 0 Å². The third-order valence-corrected chi connectivity index (χ3v) is 4.57. The van der Waals surface area contributed by atoms with Crippen LogP contribution in [0.25, 0.3) is 0 Å². The number of benzene rings is 2. The maximum Gasteiger partial charge on any atom is 0.248 e. The van der Waals surface area contributed by atoms with Gasteiger partial charge >= 0.3 is 0 Å². The Bertz CT molecular complexity index is 854. The summed E-state index contributed by atoms with van der Waals surface area (Å²) in [6.45, 7) is 3.65. The van der Waals surface area contributed by atoms with E-state index in [1.54, 1.807) is 36.4 Å². The van der Waals surface area contributed by atoms with E-state index in [9.17, 15) is 18.8 Å². The van der Waals surface area contributed by atoms with Crippen molar-refractivity contribution < 1.29 is 18.8 Å². The predicted molar refractivity (Wildman–Crippen MR) is 113 cm³/mol. The molecule has 4 N–H and O–H groups in total. The largest absolute Gasteiger partial charge is 0.366 e. The molecule has 3 amide bonds. The standard InChI is InChI=1S/C22H27FN4O3/c1-2-27(15-21(29)25-13-11-16-3-7-18(23)8-4-16)14-12-20(28)26-19-9-5-17(6-10-19)22(24)30/h3-10H,2,11-15H2,1H3,(H2,24,30)(H,25,29)(H,26,28). The van der Waals surface area contributed by atoms with Crippen LogP contribution in [0.2, 0.25) is 0 Å². The Hall–Kier alpha value is -3.26. The van der Waals surface area contributed by atoms with E-state index in [-0.39, 0.29) is 30.6 Å². The highest BCUT2D eigenvalue weighted by molar-refractivity contribution is 5.94. The molecule has 0 fully saturated rings. The minimum atomic E-state index is -0.526. The van der Waals surface area contributed by atoms with E-state index in [1.807, 2.05) is 11.8 Å². The monoisotopic (exact) mass is 414 g/mol. The third-order valence-electron chi connectivity index (χ3n) is 4.57. The lowest BCUT2D eigenvalue weighted by molar-refractivity contribution is -0.123. The van der Waals surface area contributed by atoms with Crippen molar-refractivity contribution in [2.75, 3.05) is 31.5 Å². The molecule has 0 heterocycles. The van der Waals surface area contributed by atoms with Gasteiger partial charge in [-0.2, -0.15) is 0 Å². The number of nitrogens with zero attached hydrogens (tertiary/aromatic N) is 1. The van der Waals surface area contributed by atoms with E-state index in [4.69, 9.17) is 5.73 Å². The number of nitrogens with one attached hydrogen (secondary N) is 2. The predicted octanol–water partition coefficient (Wildman–Crippen LogP) is 1.93. The second kappa shape index (κ2) is 11.7. The quantitative estimate of drug-likeness (QED) is 0.523. The van der Waals surface area contributed by atoms with Crippen molar-refractivity contribution in [1.29, 1.82) is 0 Å². The molecule has 0 bridgehead atoms. The van der Waals surface area contributed by atoms with E-state index < -0.39 is 5.91 Å². The number of halogens is 1.